The van der Waals surface area contributed by atoms with Gasteiger partial charge in [0, 0.05) is 13.0 Å². The lowest BCUT2D eigenvalue weighted by molar-refractivity contribution is 0.380. The van der Waals surface area contributed by atoms with Crippen molar-refractivity contribution < 1.29 is 8.94 Å². The lowest BCUT2D eigenvalue weighted by Crippen LogP contribution is -2.02. The number of hydrogen-bond donors (Lipinski definition) is 1. The Hall–Kier alpha value is -1.62. The first-order chi connectivity index (χ1) is 7.20. The third-order valence-corrected chi connectivity index (χ3v) is 2.11. The fourth-order valence-electron chi connectivity index (χ4n) is 1.44. The van der Waals surface area contributed by atoms with Gasteiger partial charge in [0.1, 0.15) is 11.5 Å². The Labute approximate surface area is 87.3 Å². The zero-order chi connectivity index (χ0) is 10.8. The van der Waals surface area contributed by atoms with Crippen molar-refractivity contribution >= 4 is 0 Å². The summed E-state index contributed by atoms with van der Waals surface area (Å²) in [6.07, 6.45) is 0.600. The van der Waals surface area contributed by atoms with Crippen molar-refractivity contribution in [1.82, 2.24) is 10.1 Å². The third-order valence-electron chi connectivity index (χ3n) is 2.11. The summed E-state index contributed by atoms with van der Waals surface area (Å²) in [5.74, 6) is 2.76. The van der Waals surface area contributed by atoms with Crippen molar-refractivity contribution in [2.75, 3.05) is 6.54 Å². The van der Waals surface area contributed by atoms with Gasteiger partial charge in [0.25, 0.3) is 0 Å². The van der Waals surface area contributed by atoms with Crippen molar-refractivity contribution in [3.63, 3.8) is 0 Å². The maximum Gasteiger partial charge on any atom is 0.228 e. The molecule has 2 aromatic rings. The molecule has 0 aliphatic rings. The van der Waals surface area contributed by atoms with Gasteiger partial charge in [-0.05, 0) is 19.9 Å². The summed E-state index contributed by atoms with van der Waals surface area (Å²) in [6.45, 7) is 4.27. The molecule has 80 valence electrons. The number of rotatable bonds is 3. The smallest absolute Gasteiger partial charge is 0.228 e. The van der Waals surface area contributed by atoms with Crippen LogP contribution in [0, 0.1) is 13.8 Å². The van der Waals surface area contributed by atoms with Crippen molar-refractivity contribution in [3.8, 4) is 11.4 Å². The number of aromatic nitrogens is 2. The van der Waals surface area contributed by atoms with Gasteiger partial charge < -0.3 is 14.7 Å². The molecule has 0 spiro atoms. The summed E-state index contributed by atoms with van der Waals surface area (Å²) in [4.78, 5) is 4.23. The van der Waals surface area contributed by atoms with Crippen molar-refractivity contribution in [2.45, 2.75) is 20.3 Å². The molecule has 5 nitrogen and oxygen atoms in total. The van der Waals surface area contributed by atoms with Gasteiger partial charge in [-0.2, -0.15) is 4.98 Å². The molecule has 0 saturated heterocycles. The average molecular weight is 207 g/mol. The maximum absolute atomic E-state index is 5.40. The highest BCUT2D eigenvalue weighted by molar-refractivity contribution is 5.57. The minimum Gasteiger partial charge on any atom is -0.466 e. The van der Waals surface area contributed by atoms with Crippen LogP contribution in [0.1, 0.15) is 17.4 Å². The quantitative estimate of drug-likeness (QED) is 0.824. The van der Waals surface area contributed by atoms with Crippen LogP contribution in [0.25, 0.3) is 11.4 Å². The largest absolute Gasteiger partial charge is 0.466 e. The summed E-state index contributed by atoms with van der Waals surface area (Å²) >= 11 is 0. The Balaban J connectivity index is 2.32. The zero-order valence-electron chi connectivity index (χ0n) is 8.78. The first kappa shape index (κ1) is 9.92. The van der Waals surface area contributed by atoms with E-state index in [0.29, 0.717) is 24.7 Å². The van der Waals surface area contributed by atoms with Crippen LogP contribution >= 0.6 is 0 Å². The molecule has 5 heteroatoms. The van der Waals surface area contributed by atoms with Gasteiger partial charge in [-0.1, -0.05) is 5.16 Å². The molecule has 2 heterocycles. The van der Waals surface area contributed by atoms with E-state index in [-0.39, 0.29) is 0 Å². The first-order valence-electron chi connectivity index (χ1n) is 4.80. The molecular formula is C10H13N3O2. The SMILES string of the molecule is Cc1cc(-c2noc(CCN)n2)c(C)o1. The van der Waals surface area contributed by atoms with Crippen LogP contribution in [0.3, 0.4) is 0 Å². The van der Waals surface area contributed by atoms with Gasteiger partial charge in [0.05, 0.1) is 5.56 Å². The van der Waals surface area contributed by atoms with E-state index in [1.165, 1.54) is 0 Å². The van der Waals surface area contributed by atoms with Crippen LogP contribution in [0.15, 0.2) is 15.0 Å². The fourth-order valence-corrected chi connectivity index (χ4v) is 1.44. The Bertz CT molecular complexity index is 459. The van der Waals surface area contributed by atoms with Gasteiger partial charge >= 0.3 is 0 Å². The van der Waals surface area contributed by atoms with Crippen LogP contribution in [0.5, 0.6) is 0 Å². The van der Waals surface area contributed by atoms with Crippen molar-refractivity contribution in [1.29, 1.82) is 0 Å². The maximum atomic E-state index is 5.40. The molecule has 15 heavy (non-hydrogen) atoms. The Kier molecular flexibility index (Phi) is 2.55. The summed E-state index contributed by atoms with van der Waals surface area (Å²) in [5, 5.41) is 3.88. The van der Waals surface area contributed by atoms with Crippen LogP contribution in [0.2, 0.25) is 0 Å². The minimum atomic E-state index is 0.505. The second-order valence-corrected chi connectivity index (χ2v) is 3.38. The summed E-state index contributed by atoms with van der Waals surface area (Å²) in [6, 6.07) is 1.90. The lowest BCUT2D eigenvalue weighted by atomic mass is 10.2. The van der Waals surface area contributed by atoms with E-state index in [0.717, 1.165) is 17.1 Å². The topological polar surface area (TPSA) is 78.1 Å². The standard InChI is InChI=1S/C10H13N3O2/c1-6-5-8(7(2)14-6)10-12-9(3-4-11)15-13-10/h5H,3-4,11H2,1-2H3. The predicted octanol–water partition coefficient (Wildman–Crippen LogP) is 1.45. The number of hydrogen-bond acceptors (Lipinski definition) is 5. The van der Waals surface area contributed by atoms with E-state index >= 15 is 0 Å². The Morgan fingerprint density at radius 3 is 2.80 bits per heavy atom. The van der Waals surface area contributed by atoms with E-state index in [2.05, 4.69) is 10.1 Å². The lowest BCUT2D eigenvalue weighted by Gasteiger charge is -1.87. The molecule has 0 atom stereocenters. The average Bonchev–Trinajstić information content (AvgIpc) is 2.73. The van der Waals surface area contributed by atoms with Crippen molar-refractivity contribution in [3.05, 3.63) is 23.5 Å². The molecule has 0 saturated carbocycles. The number of aryl methyl sites for hydroxylation is 2. The van der Waals surface area contributed by atoms with Gasteiger partial charge in [-0.3, -0.25) is 0 Å². The molecule has 0 bridgehead atoms. The molecule has 2 aromatic heterocycles. The second kappa shape index (κ2) is 3.86. The van der Waals surface area contributed by atoms with Gasteiger partial charge in [0.2, 0.25) is 11.7 Å². The minimum absolute atomic E-state index is 0.505. The van der Waals surface area contributed by atoms with E-state index in [9.17, 15) is 0 Å². The van der Waals surface area contributed by atoms with Crippen LogP contribution in [-0.4, -0.2) is 16.7 Å². The molecule has 0 radical (unpaired) electrons. The Morgan fingerprint density at radius 2 is 2.20 bits per heavy atom. The van der Waals surface area contributed by atoms with E-state index in [1.807, 2.05) is 19.9 Å². The van der Waals surface area contributed by atoms with E-state index in [4.69, 9.17) is 14.7 Å². The monoisotopic (exact) mass is 207 g/mol. The number of nitrogens with zero attached hydrogens (tertiary/aromatic N) is 2. The molecule has 2 N–H and O–H groups in total. The second-order valence-electron chi connectivity index (χ2n) is 3.38. The molecule has 0 aromatic carbocycles. The fraction of sp³-hybridized carbons (Fsp3) is 0.400. The van der Waals surface area contributed by atoms with Crippen LogP contribution in [-0.2, 0) is 6.42 Å². The van der Waals surface area contributed by atoms with Crippen molar-refractivity contribution in [2.24, 2.45) is 5.73 Å². The molecule has 0 fully saturated rings. The molecule has 0 aliphatic carbocycles. The number of nitrogens with two attached hydrogens (primary N) is 1. The molecule has 0 aliphatic heterocycles. The molecular weight excluding hydrogens is 194 g/mol. The highest BCUT2D eigenvalue weighted by Crippen LogP contribution is 2.23. The predicted molar refractivity (Wildman–Crippen MR) is 54.2 cm³/mol. The molecule has 0 unspecified atom stereocenters. The third kappa shape index (κ3) is 1.92. The van der Waals surface area contributed by atoms with Crippen LogP contribution < -0.4 is 5.73 Å². The number of furan rings is 1. The van der Waals surface area contributed by atoms with Gasteiger partial charge in [0.15, 0.2) is 0 Å². The highest BCUT2D eigenvalue weighted by atomic mass is 16.5. The van der Waals surface area contributed by atoms with Gasteiger partial charge in [-0.15, -0.1) is 0 Å². The molecule has 0 amide bonds. The zero-order valence-corrected chi connectivity index (χ0v) is 8.78. The summed E-state index contributed by atoms with van der Waals surface area (Å²) < 4.78 is 10.4. The van der Waals surface area contributed by atoms with Gasteiger partial charge in [-0.25, -0.2) is 0 Å². The summed E-state index contributed by atoms with van der Waals surface area (Å²) in [7, 11) is 0. The Morgan fingerprint density at radius 1 is 1.40 bits per heavy atom. The molecule has 2 rings (SSSR count). The van der Waals surface area contributed by atoms with E-state index in [1.54, 1.807) is 0 Å². The van der Waals surface area contributed by atoms with E-state index < -0.39 is 0 Å². The van der Waals surface area contributed by atoms with Crippen LogP contribution in [0.4, 0.5) is 0 Å². The normalized spacial score (nSPS) is 10.9. The first-order valence-corrected chi connectivity index (χ1v) is 4.80. The summed E-state index contributed by atoms with van der Waals surface area (Å²) in [5.41, 5.74) is 6.27. The highest BCUT2D eigenvalue weighted by Gasteiger charge is 2.13.